The average molecular weight is 445 g/mol. The van der Waals surface area contributed by atoms with Crippen LogP contribution in [0.2, 0.25) is 5.02 Å². The molecule has 0 bridgehead atoms. The summed E-state index contributed by atoms with van der Waals surface area (Å²) in [7, 11) is -3.72. The number of morpholine rings is 1. The summed E-state index contributed by atoms with van der Waals surface area (Å²) in [5.41, 5.74) is -0.179. The van der Waals surface area contributed by atoms with E-state index in [1.54, 1.807) is 13.8 Å². The van der Waals surface area contributed by atoms with E-state index in [1.165, 1.54) is 28.6 Å². The molecule has 2 aromatic carbocycles. The van der Waals surface area contributed by atoms with Gasteiger partial charge >= 0.3 is 0 Å². The predicted octanol–water partition coefficient (Wildman–Crippen LogP) is 3.67. The Kier molecular flexibility index (Phi) is 6.23. The van der Waals surface area contributed by atoms with E-state index in [4.69, 9.17) is 16.3 Å². The van der Waals surface area contributed by atoms with Gasteiger partial charge in [0.1, 0.15) is 10.8 Å². The first-order valence-corrected chi connectivity index (χ1v) is 10.6. The number of benzene rings is 2. The van der Waals surface area contributed by atoms with Crippen molar-refractivity contribution in [3.05, 3.63) is 58.6 Å². The van der Waals surface area contributed by atoms with Gasteiger partial charge in [-0.3, -0.25) is 4.79 Å². The second kappa shape index (κ2) is 8.35. The van der Waals surface area contributed by atoms with Crippen LogP contribution >= 0.6 is 11.6 Å². The molecule has 29 heavy (non-hydrogen) atoms. The fourth-order valence-electron chi connectivity index (χ4n) is 3.09. The van der Waals surface area contributed by atoms with E-state index in [0.29, 0.717) is 0 Å². The topological polar surface area (TPSA) is 75.7 Å². The maximum Gasteiger partial charge on any atom is 0.258 e. The summed E-state index contributed by atoms with van der Waals surface area (Å²) in [6, 6.07) is 7.35. The molecule has 1 fully saturated rings. The third-order valence-electron chi connectivity index (χ3n) is 4.42. The molecule has 1 saturated heterocycles. The van der Waals surface area contributed by atoms with Crippen LogP contribution in [0.3, 0.4) is 0 Å². The zero-order valence-electron chi connectivity index (χ0n) is 15.7. The van der Waals surface area contributed by atoms with Crippen LogP contribution in [0.1, 0.15) is 24.2 Å². The van der Waals surface area contributed by atoms with Gasteiger partial charge in [-0.25, -0.2) is 17.2 Å². The molecule has 1 aliphatic heterocycles. The van der Waals surface area contributed by atoms with Crippen LogP contribution in [0.15, 0.2) is 41.3 Å². The van der Waals surface area contributed by atoms with Crippen molar-refractivity contribution in [2.75, 3.05) is 18.4 Å². The average Bonchev–Trinajstić information content (AvgIpc) is 2.66. The van der Waals surface area contributed by atoms with Gasteiger partial charge in [0.25, 0.3) is 5.91 Å². The van der Waals surface area contributed by atoms with Crippen LogP contribution in [0.4, 0.5) is 14.5 Å². The number of halogens is 3. The number of nitrogens with one attached hydrogen (secondary N) is 1. The minimum atomic E-state index is -3.72. The van der Waals surface area contributed by atoms with Crippen LogP contribution in [-0.2, 0) is 14.8 Å². The monoisotopic (exact) mass is 444 g/mol. The van der Waals surface area contributed by atoms with E-state index in [2.05, 4.69) is 5.32 Å². The van der Waals surface area contributed by atoms with Gasteiger partial charge in [0.05, 0.1) is 22.7 Å². The quantitative estimate of drug-likeness (QED) is 0.730. The number of rotatable bonds is 4. The Balaban J connectivity index is 1.76. The Hall–Kier alpha value is -2.07. The molecule has 2 aromatic rings. The molecule has 3 rings (SSSR count). The van der Waals surface area contributed by atoms with Crippen molar-refractivity contribution >= 4 is 33.2 Å². The molecule has 156 valence electrons. The van der Waals surface area contributed by atoms with Gasteiger partial charge in [0.2, 0.25) is 10.0 Å². The zero-order chi connectivity index (χ0) is 21.3. The summed E-state index contributed by atoms with van der Waals surface area (Å²) < 4.78 is 59.8. The Bertz CT molecular complexity index is 1020. The van der Waals surface area contributed by atoms with Crippen LogP contribution in [0.25, 0.3) is 0 Å². The van der Waals surface area contributed by atoms with Crippen molar-refractivity contribution in [3.8, 4) is 0 Å². The minimum absolute atomic E-state index is 0.0628. The van der Waals surface area contributed by atoms with Gasteiger partial charge in [-0.05, 0) is 50.2 Å². The molecule has 2 atom stereocenters. The lowest BCUT2D eigenvalue weighted by Crippen LogP contribution is -2.48. The van der Waals surface area contributed by atoms with Gasteiger partial charge in [-0.1, -0.05) is 11.6 Å². The van der Waals surface area contributed by atoms with Gasteiger partial charge < -0.3 is 10.1 Å². The van der Waals surface area contributed by atoms with E-state index < -0.39 is 38.2 Å². The van der Waals surface area contributed by atoms with Crippen molar-refractivity contribution in [1.82, 2.24) is 4.31 Å². The summed E-state index contributed by atoms with van der Waals surface area (Å²) in [6.07, 6.45) is -0.436. The molecule has 0 saturated carbocycles. The first-order chi connectivity index (χ1) is 13.6. The molecule has 6 nitrogen and oxygen atoms in total. The predicted molar refractivity (Wildman–Crippen MR) is 105 cm³/mol. The molecule has 0 aliphatic carbocycles. The summed E-state index contributed by atoms with van der Waals surface area (Å²) in [5, 5.41) is 1.66. The molecule has 10 heteroatoms. The number of nitrogens with zero attached hydrogens (tertiary/aromatic N) is 1. The summed E-state index contributed by atoms with van der Waals surface area (Å²) in [5.74, 6) is -2.98. The van der Waals surface area contributed by atoms with E-state index in [9.17, 15) is 22.0 Å². The van der Waals surface area contributed by atoms with Crippen molar-refractivity contribution < 1.29 is 26.7 Å². The molecule has 1 heterocycles. The molecular weight excluding hydrogens is 426 g/mol. The highest BCUT2D eigenvalue weighted by atomic mass is 35.5. The molecule has 1 amide bonds. The zero-order valence-corrected chi connectivity index (χ0v) is 17.2. The normalized spacial score (nSPS) is 20.4. The fraction of sp³-hybridized carbons (Fsp3) is 0.316. The van der Waals surface area contributed by atoms with Crippen molar-refractivity contribution in [2.24, 2.45) is 0 Å². The SMILES string of the molecule is C[C@H]1CN(S(=O)(=O)c2ccc(NC(=O)c3ccc(F)c(Cl)c3F)cc2)C[C@H](C)O1. The lowest BCUT2D eigenvalue weighted by molar-refractivity contribution is -0.0440. The highest BCUT2D eigenvalue weighted by Gasteiger charge is 2.32. The third-order valence-corrected chi connectivity index (χ3v) is 6.61. The summed E-state index contributed by atoms with van der Waals surface area (Å²) in [4.78, 5) is 12.3. The second-order valence-electron chi connectivity index (χ2n) is 6.78. The molecule has 0 spiro atoms. The number of anilines is 1. The van der Waals surface area contributed by atoms with E-state index in [1.807, 2.05) is 0 Å². The standard InChI is InChI=1S/C19H19ClF2N2O4S/c1-11-9-24(10-12(2)28-11)29(26,27)14-5-3-13(4-6-14)23-19(25)15-7-8-16(21)17(20)18(15)22/h3-8,11-12H,9-10H2,1-2H3,(H,23,25)/t11-,12-/m0/s1. The molecule has 1 aliphatic rings. The number of carbonyl (C=O) groups excluding carboxylic acids is 1. The van der Waals surface area contributed by atoms with Gasteiger partial charge in [0.15, 0.2) is 5.82 Å². The lowest BCUT2D eigenvalue weighted by atomic mass is 10.2. The Morgan fingerprint density at radius 3 is 2.28 bits per heavy atom. The second-order valence-corrected chi connectivity index (χ2v) is 9.10. The lowest BCUT2D eigenvalue weighted by Gasteiger charge is -2.34. The molecule has 0 unspecified atom stereocenters. The molecular formula is C19H19ClF2N2O4S. The molecule has 0 aromatic heterocycles. The smallest absolute Gasteiger partial charge is 0.258 e. The maximum absolute atomic E-state index is 14.0. The van der Waals surface area contributed by atoms with Gasteiger partial charge in [-0.15, -0.1) is 0 Å². The Labute approximate surface area is 172 Å². The minimum Gasteiger partial charge on any atom is -0.373 e. The van der Waals surface area contributed by atoms with Gasteiger partial charge in [-0.2, -0.15) is 4.31 Å². The van der Waals surface area contributed by atoms with Gasteiger partial charge in [0, 0.05) is 18.8 Å². The van der Waals surface area contributed by atoms with Crippen LogP contribution < -0.4 is 5.32 Å². The van der Waals surface area contributed by atoms with Crippen molar-refractivity contribution in [3.63, 3.8) is 0 Å². The summed E-state index contributed by atoms with van der Waals surface area (Å²) in [6.45, 7) is 4.10. The number of sulfonamides is 1. The Morgan fingerprint density at radius 2 is 1.69 bits per heavy atom. The van der Waals surface area contributed by atoms with Crippen molar-refractivity contribution in [2.45, 2.75) is 31.0 Å². The number of ether oxygens (including phenoxy) is 1. The highest BCUT2D eigenvalue weighted by Crippen LogP contribution is 2.25. The number of carbonyl (C=O) groups is 1. The largest absolute Gasteiger partial charge is 0.373 e. The summed E-state index contributed by atoms with van der Waals surface area (Å²) >= 11 is 5.48. The van der Waals surface area contributed by atoms with Crippen molar-refractivity contribution in [1.29, 1.82) is 0 Å². The van der Waals surface area contributed by atoms with E-state index in [0.717, 1.165) is 12.1 Å². The third kappa shape index (κ3) is 4.58. The molecule has 0 radical (unpaired) electrons. The fourth-order valence-corrected chi connectivity index (χ4v) is 4.84. The van der Waals surface area contributed by atoms with Crippen LogP contribution in [-0.4, -0.2) is 43.9 Å². The van der Waals surface area contributed by atoms with Crippen LogP contribution in [0.5, 0.6) is 0 Å². The first-order valence-electron chi connectivity index (χ1n) is 8.80. The number of amides is 1. The van der Waals surface area contributed by atoms with E-state index in [-0.39, 0.29) is 35.9 Å². The van der Waals surface area contributed by atoms with Crippen LogP contribution in [0, 0.1) is 11.6 Å². The highest BCUT2D eigenvalue weighted by molar-refractivity contribution is 7.89. The molecule has 1 N–H and O–H groups in total. The maximum atomic E-state index is 14.0. The number of hydrogen-bond donors (Lipinski definition) is 1. The Morgan fingerprint density at radius 1 is 1.10 bits per heavy atom. The number of hydrogen-bond acceptors (Lipinski definition) is 4. The first kappa shape index (κ1) is 21.6. The van der Waals surface area contributed by atoms with E-state index >= 15 is 0 Å².